The minimum Gasteiger partial charge on any atom is -0.341 e. The van der Waals surface area contributed by atoms with Crippen LogP contribution >= 0.6 is 0 Å². The Hall–Kier alpha value is -1.84. The number of likely N-dealkylation sites (tertiary alicyclic amines) is 2. The largest absolute Gasteiger partial charge is 0.341 e. The summed E-state index contributed by atoms with van der Waals surface area (Å²) < 4.78 is 0. The number of nitrogens with zero attached hydrogens (tertiary/aromatic N) is 2. The first-order valence-electron chi connectivity index (χ1n) is 9.90. The summed E-state index contributed by atoms with van der Waals surface area (Å²) in [5, 5.41) is 0. The van der Waals surface area contributed by atoms with Crippen molar-refractivity contribution in [3.8, 4) is 0 Å². The highest BCUT2D eigenvalue weighted by molar-refractivity contribution is 5.91. The van der Waals surface area contributed by atoms with Crippen LogP contribution in [0.15, 0.2) is 30.3 Å². The molecule has 2 saturated carbocycles. The van der Waals surface area contributed by atoms with Crippen LogP contribution in [0.3, 0.4) is 0 Å². The summed E-state index contributed by atoms with van der Waals surface area (Å²) in [6.45, 7) is 1.76. The van der Waals surface area contributed by atoms with Crippen molar-refractivity contribution in [3.63, 3.8) is 0 Å². The molecule has 4 nitrogen and oxygen atoms in total. The van der Waals surface area contributed by atoms with Crippen LogP contribution in [0, 0.1) is 11.8 Å². The van der Waals surface area contributed by atoms with E-state index in [0.717, 1.165) is 51.6 Å². The predicted molar refractivity (Wildman–Crippen MR) is 94.9 cm³/mol. The van der Waals surface area contributed by atoms with Crippen molar-refractivity contribution >= 4 is 11.8 Å². The summed E-state index contributed by atoms with van der Waals surface area (Å²) in [5.74, 6) is 1.33. The van der Waals surface area contributed by atoms with E-state index in [2.05, 4.69) is 12.1 Å². The molecule has 4 heteroatoms. The van der Waals surface area contributed by atoms with Gasteiger partial charge in [-0.3, -0.25) is 9.59 Å². The fourth-order valence-corrected chi connectivity index (χ4v) is 5.48. The van der Waals surface area contributed by atoms with Crippen molar-refractivity contribution in [1.29, 1.82) is 0 Å². The number of benzene rings is 1. The average molecular weight is 338 g/mol. The lowest BCUT2D eigenvalue weighted by molar-refractivity contribution is -0.148. The highest BCUT2D eigenvalue weighted by Gasteiger charge is 2.56. The van der Waals surface area contributed by atoms with Crippen LogP contribution in [0.2, 0.25) is 0 Å². The van der Waals surface area contributed by atoms with E-state index in [1.807, 2.05) is 28.0 Å². The molecule has 2 bridgehead atoms. The van der Waals surface area contributed by atoms with Gasteiger partial charge in [0.25, 0.3) is 0 Å². The molecular weight excluding hydrogens is 312 g/mol. The molecule has 0 spiro atoms. The molecule has 1 aromatic rings. The molecule has 0 aromatic heterocycles. The molecular formula is C21H26N2O2. The molecule has 0 radical (unpaired) electrons. The molecule has 0 N–H and O–H groups in total. The van der Waals surface area contributed by atoms with Crippen molar-refractivity contribution in [1.82, 2.24) is 9.80 Å². The lowest BCUT2D eigenvalue weighted by Crippen LogP contribution is -2.53. The second kappa shape index (κ2) is 5.86. The quantitative estimate of drug-likeness (QED) is 0.850. The lowest BCUT2D eigenvalue weighted by Gasteiger charge is -2.36. The maximum atomic E-state index is 13.3. The van der Waals surface area contributed by atoms with Gasteiger partial charge in [0, 0.05) is 25.0 Å². The second-order valence-electron chi connectivity index (χ2n) is 8.31. The van der Waals surface area contributed by atoms with E-state index in [1.165, 1.54) is 5.56 Å². The Morgan fingerprint density at radius 3 is 2.44 bits per heavy atom. The van der Waals surface area contributed by atoms with Gasteiger partial charge in [0.05, 0.1) is 0 Å². The molecule has 2 heterocycles. The number of amides is 2. The van der Waals surface area contributed by atoms with E-state index in [4.69, 9.17) is 0 Å². The third kappa shape index (κ3) is 2.49. The molecule has 2 aliphatic carbocycles. The van der Waals surface area contributed by atoms with E-state index in [9.17, 15) is 9.59 Å². The normalized spacial score (nSPS) is 36.1. The van der Waals surface area contributed by atoms with Gasteiger partial charge < -0.3 is 9.80 Å². The van der Waals surface area contributed by atoms with Gasteiger partial charge in [-0.25, -0.2) is 0 Å². The SMILES string of the molecule is O=C([C@@H]1C2CCC(C2)N1C(=O)[C@@H]1C[C@@H]1c1ccccc1)N1CCCC1. The van der Waals surface area contributed by atoms with Crippen molar-refractivity contribution in [2.45, 2.75) is 56.5 Å². The van der Waals surface area contributed by atoms with Gasteiger partial charge in [-0.2, -0.15) is 0 Å². The molecule has 2 aliphatic heterocycles. The number of hydrogen-bond acceptors (Lipinski definition) is 2. The van der Waals surface area contributed by atoms with Gasteiger partial charge >= 0.3 is 0 Å². The Morgan fingerprint density at radius 2 is 1.68 bits per heavy atom. The second-order valence-corrected chi connectivity index (χ2v) is 8.31. The van der Waals surface area contributed by atoms with Gasteiger partial charge in [0.1, 0.15) is 6.04 Å². The van der Waals surface area contributed by atoms with E-state index in [1.54, 1.807) is 0 Å². The van der Waals surface area contributed by atoms with Crippen LogP contribution in [0.4, 0.5) is 0 Å². The number of piperidine rings is 1. The first-order chi connectivity index (χ1) is 12.2. The molecule has 5 rings (SSSR count). The minimum atomic E-state index is -0.165. The molecule has 2 saturated heterocycles. The summed E-state index contributed by atoms with van der Waals surface area (Å²) in [5.41, 5.74) is 1.27. The maximum absolute atomic E-state index is 13.3. The van der Waals surface area contributed by atoms with Gasteiger partial charge in [-0.15, -0.1) is 0 Å². The van der Waals surface area contributed by atoms with E-state index < -0.39 is 0 Å². The van der Waals surface area contributed by atoms with Gasteiger partial charge in [0.15, 0.2) is 0 Å². The Balaban J connectivity index is 1.35. The Labute approximate surface area is 149 Å². The smallest absolute Gasteiger partial charge is 0.245 e. The zero-order chi connectivity index (χ0) is 17.0. The Morgan fingerprint density at radius 1 is 0.920 bits per heavy atom. The molecule has 2 amide bonds. The molecule has 4 aliphatic rings. The number of carbonyl (C=O) groups excluding carboxylic acids is 2. The molecule has 132 valence electrons. The van der Waals surface area contributed by atoms with E-state index in [-0.39, 0.29) is 23.8 Å². The summed E-state index contributed by atoms with van der Waals surface area (Å²) in [6, 6.07) is 10.5. The van der Waals surface area contributed by atoms with Gasteiger partial charge in [-0.05, 0) is 55.9 Å². The zero-order valence-corrected chi connectivity index (χ0v) is 14.6. The monoisotopic (exact) mass is 338 g/mol. The maximum Gasteiger partial charge on any atom is 0.245 e. The summed E-state index contributed by atoms with van der Waals surface area (Å²) in [7, 11) is 0. The van der Waals surface area contributed by atoms with Crippen molar-refractivity contribution in [2.24, 2.45) is 11.8 Å². The average Bonchev–Trinajstić information content (AvgIpc) is 3.03. The van der Waals surface area contributed by atoms with Crippen LogP contribution in [0.5, 0.6) is 0 Å². The fraction of sp³-hybridized carbons (Fsp3) is 0.619. The Kier molecular flexibility index (Phi) is 3.61. The number of carbonyl (C=O) groups is 2. The third-order valence-electron chi connectivity index (χ3n) is 6.85. The Bertz CT molecular complexity index is 682. The third-order valence-corrected chi connectivity index (χ3v) is 6.85. The molecule has 4 fully saturated rings. The number of rotatable bonds is 3. The van der Waals surface area contributed by atoms with Gasteiger partial charge in [-0.1, -0.05) is 30.3 Å². The summed E-state index contributed by atoms with van der Waals surface area (Å²) in [6.07, 6.45) is 6.41. The van der Waals surface area contributed by atoms with Crippen LogP contribution in [0.1, 0.15) is 50.0 Å². The van der Waals surface area contributed by atoms with Crippen molar-refractivity contribution < 1.29 is 9.59 Å². The zero-order valence-electron chi connectivity index (χ0n) is 14.6. The summed E-state index contributed by atoms with van der Waals surface area (Å²) >= 11 is 0. The van der Waals surface area contributed by atoms with E-state index in [0.29, 0.717) is 17.9 Å². The summed E-state index contributed by atoms with van der Waals surface area (Å²) in [4.78, 5) is 30.4. The van der Waals surface area contributed by atoms with E-state index >= 15 is 0 Å². The highest BCUT2D eigenvalue weighted by Crippen LogP contribution is 2.52. The van der Waals surface area contributed by atoms with Crippen LogP contribution in [-0.4, -0.2) is 46.8 Å². The molecule has 25 heavy (non-hydrogen) atoms. The fourth-order valence-electron chi connectivity index (χ4n) is 5.48. The predicted octanol–water partition coefficient (Wildman–Crippen LogP) is 2.79. The van der Waals surface area contributed by atoms with Crippen LogP contribution in [-0.2, 0) is 9.59 Å². The van der Waals surface area contributed by atoms with Gasteiger partial charge in [0.2, 0.25) is 11.8 Å². The lowest BCUT2D eigenvalue weighted by atomic mass is 9.96. The highest BCUT2D eigenvalue weighted by atomic mass is 16.2. The van der Waals surface area contributed by atoms with Crippen molar-refractivity contribution in [2.75, 3.05) is 13.1 Å². The molecule has 5 atom stereocenters. The first kappa shape index (κ1) is 15.4. The van der Waals surface area contributed by atoms with Crippen LogP contribution < -0.4 is 0 Å². The molecule has 2 unspecified atom stereocenters. The number of fused-ring (bicyclic) bond motifs is 2. The topological polar surface area (TPSA) is 40.6 Å². The first-order valence-corrected chi connectivity index (χ1v) is 9.90. The number of hydrogen-bond donors (Lipinski definition) is 0. The van der Waals surface area contributed by atoms with Crippen LogP contribution in [0.25, 0.3) is 0 Å². The molecule has 1 aromatic carbocycles. The van der Waals surface area contributed by atoms with Crippen molar-refractivity contribution in [3.05, 3.63) is 35.9 Å². The standard InChI is InChI=1S/C21H26N2O2/c24-20(18-13-17(18)14-6-2-1-3-7-14)23-16-9-8-15(12-16)19(23)21(25)22-10-4-5-11-22/h1-3,6-7,15-19H,4-5,8-13H2/t15?,16?,17-,18-,19+/m1/s1. The minimum absolute atomic E-state index is 0.0932.